The van der Waals surface area contributed by atoms with Crippen molar-refractivity contribution in [3.05, 3.63) is 42.4 Å². The fourth-order valence-electron chi connectivity index (χ4n) is 3.05. The molecule has 0 bridgehead atoms. The molecule has 4 aromatic rings. The van der Waals surface area contributed by atoms with E-state index in [0.29, 0.717) is 22.9 Å². The normalized spacial score (nSPS) is 15.1. The van der Waals surface area contributed by atoms with Crippen LogP contribution < -0.4 is 4.72 Å². The molecule has 0 atom stereocenters. The lowest BCUT2D eigenvalue weighted by Crippen LogP contribution is -2.25. The molecule has 1 N–H and O–H groups in total. The van der Waals surface area contributed by atoms with Crippen molar-refractivity contribution in [2.24, 2.45) is 0 Å². The van der Waals surface area contributed by atoms with E-state index in [9.17, 15) is 8.42 Å². The lowest BCUT2D eigenvalue weighted by molar-refractivity contribution is 0.576. The molecule has 0 aliphatic heterocycles. The van der Waals surface area contributed by atoms with Crippen LogP contribution in [0.2, 0.25) is 0 Å². The van der Waals surface area contributed by atoms with Crippen LogP contribution in [0.4, 0.5) is 0 Å². The van der Waals surface area contributed by atoms with Crippen LogP contribution in [0.3, 0.4) is 0 Å². The molecule has 5 rings (SSSR count). The number of hydrogen-bond donors (Lipinski definition) is 1. The average molecular weight is 386 g/mol. The quantitative estimate of drug-likeness (QED) is 0.564. The summed E-state index contributed by atoms with van der Waals surface area (Å²) >= 11 is 0.998. The Labute approximate surface area is 153 Å². The third kappa shape index (κ3) is 2.57. The maximum Gasteiger partial charge on any atom is 0.243 e. The number of benzene rings is 1. The Morgan fingerprint density at radius 3 is 2.85 bits per heavy atom. The lowest BCUT2D eigenvalue weighted by Gasteiger charge is -2.09. The van der Waals surface area contributed by atoms with Crippen LogP contribution in [0.1, 0.15) is 24.7 Å². The molecule has 1 saturated carbocycles. The molecule has 1 aromatic carbocycles. The molecule has 3 aromatic heterocycles. The minimum absolute atomic E-state index is 0.100. The van der Waals surface area contributed by atoms with Gasteiger partial charge < -0.3 is 4.57 Å². The second kappa shape index (κ2) is 5.79. The minimum Gasteiger partial charge on any atom is -0.308 e. The molecule has 1 aliphatic carbocycles. The van der Waals surface area contributed by atoms with Gasteiger partial charge in [-0.05, 0) is 37.1 Å². The third-order valence-corrected chi connectivity index (χ3v) is 6.37. The molecule has 0 saturated heterocycles. The van der Waals surface area contributed by atoms with Crippen LogP contribution in [0.25, 0.3) is 22.2 Å². The van der Waals surface area contributed by atoms with Crippen LogP contribution in [-0.2, 0) is 16.6 Å². The number of aromatic nitrogens is 5. The Hall–Kier alpha value is -2.43. The Kier molecular flexibility index (Phi) is 3.52. The maximum absolute atomic E-state index is 12.8. The van der Waals surface area contributed by atoms with Gasteiger partial charge in [0.15, 0.2) is 5.65 Å². The number of imidazole rings is 1. The highest BCUT2D eigenvalue weighted by atomic mass is 32.2. The zero-order chi connectivity index (χ0) is 17.7. The van der Waals surface area contributed by atoms with Crippen molar-refractivity contribution in [2.45, 2.75) is 30.3 Å². The van der Waals surface area contributed by atoms with Crippen molar-refractivity contribution in [1.82, 2.24) is 28.0 Å². The Morgan fingerprint density at radius 1 is 1.15 bits per heavy atom. The van der Waals surface area contributed by atoms with Gasteiger partial charge in [-0.3, -0.25) is 0 Å². The van der Waals surface area contributed by atoms with Gasteiger partial charge in [-0.1, -0.05) is 6.07 Å². The fraction of sp³-hybridized carbons (Fsp3) is 0.250. The van der Waals surface area contributed by atoms with Gasteiger partial charge in [0.25, 0.3) is 0 Å². The predicted octanol–water partition coefficient (Wildman–Crippen LogP) is 2.25. The standard InChI is InChI=1S/C16H14N6O2S2/c23-26(24,13-5-1-3-11-15(13)21-25-20-11)18-9-14-19-12-4-2-8-17-16(12)22(14)10-6-7-10/h1-5,8,10,18H,6-7,9H2. The van der Waals surface area contributed by atoms with Crippen molar-refractivity contribution >= 4 is 43.9 Å². The molecule has 0 amide bonds. The van der Waals surface area contributed by atoms with Crippen molar-refractivity contribution < 1.29 is 8.42 Å². The predicted molar refractivity (Wildman–Crippen MR) is 97.2 cm³/mol. The van der Waals surface area contributed by atoms with Gasteiger partial charge in [0, 0.05) is 12.2 Å². The molecular formula is C16H14N6O2S2. The largest absolute Gasteiger partial charge is 0.308 e. The molecule has 0 unspecified atom stereocenters. The number of hydrogen-bond acceptors (Lipinski definition) is 7. The highest BCUT2D eigenvalue weighted by Gasteiger charge is 2.29. The molecule has 0 spiro atoms. The summed E-state index contributed by atoms with van der Waals surface area (Å²) < 4.78 is 38.5. The van der Waals surface area contributed by atoms with E-state index in [1.165, 1.54) is 6.07 Å². The Morgan fingerprint density at radius 2 is 2.00 bits per heavy atom. The van der Waals surface area contributed by atoms with Crippen LogP contribution in [0, 0.1) is 0 Å². The average Bonchev–Trinajstić information content (AvgIpc) is 3.23. The van der Waals surface area contributed by atoms with Gasteiger partial charge in [0.05, 0.1) is 18.3 Å². The number of sulfonamides is 1. The van der Waals surface area contributed by atoms with Crippen LogP contribution in [0.15, 0.2) is 41.4 Å². The third-order valence-electron chi connectivity index (χ3n) is 4.39. The van der Waals surface area contributed by atoms with E-state index >= 15 is 0 Å². The summed E-state index contributed by atoms with van der Waals surface area (Å²) in [6.45, 7) is 0.100. The summed E-state index contributed by atoms with van der Waals surface area (Å²) in [7, 11) is -3.73. The van der Waals surface area contributed by atoms with E-state index < -0.39 is 10.0 Å². The topological polar surface area (TPSA) is 103 Å². The first-order valence-electron chi connectivity index (χ1n) is 8.16. The molecule has 1 fully saturated rings. The summed E-state index contributed by atoms with van der Waals surface area (Å²) in [4.78, 5) is 9.11. The molecule has 10 heteroatoms. The zero-order valence-electron chi connectivity index (χ0n) is 13.5. The van der Waals surface area contributed by atoms with Gasteiger partial charge in [-0.15, -0.1) is 0 Å². The first-order valence-corrected chi connectivity index (χ1v) is 10.4. The van der Waals surface area contributed by atoms with E-state index in [4.69, 9.17) is 0 Å². The monoisotopic (exact) mass is 386 g/mol. The first kappa shape index (κ1) is 15.8. The summed E-state index contributed by atoms with van der Waals surface area (Å²) in [5, 5.41) is 0. The van der Waals surface area contributed by atoms with E-state index in [-0.39, 0.29) is 11.4 Å². The van der Waals surface area contributed by atoms with Gasteiger partial charge in [0.2, 0.25) is 10.0 Å². The van der Waals surface area contributed by atoms with Crippen molar-refractivity contribution in [3.63, 3.8) is 0 Å². The highest BCUT2D eigenvalue weighted by Crippen LogP contribution is 2.38. The number of pyridine rings is 1. The Balaban J connectivity index is 1.50. The second-order valence-electron chi connectivity index (χ2n) is 6.19. The van der Waals surface area contributed by atoms with Gasteiger partial charge in [-0.25, -0.2) is 23.1 Å². The smallest absolute Gasteiger partial charge is 0.243 e. The first-order chi connectivity index (χ1) is 12.6. The van der Waals surface area contributed by atoms with Crippen molar-refractivity contribution in [3.8, 4) is 0 Å². The second-order valence-corrected chi connectivity index (χ2v) is 8.45. The van der Waals surface area contributed by atoms with Gasteiger partial charge in [0.1, 0.15) is 27.3 Å². The SMILES string of the molecule is O=S(=O)(NCc1nc2cccnc2n1C1CC1)c1cccc2nsnc12. The van der Waals surface area contributed by atoms with Crippen molar-refractivity contribution in [2.75, 3.05) is 0 Å². The summed E-state index contributed by atoms with van der Waals surface area (Å²) in [6.07, 6.45) is 3.85. The van der Waals surface area contributed by atoms with Crippen LogP contribution in [0.5, 0.6) is 0 Å². The van der Waals surface area contributed by atoms with E-state index in [0.717, 1.165) is 35.7 Å². The number of nitrogens with zero attached hydrogens (tertiary/aromatic N) is 5. The van der Waals surface area contributed by atoms with E-state index in [2.05, 4.69) is 23.4 Å². The summed E-state index contributed by atoms with van der Waals surface area (Å²) in [5.41, 5.74) is 2.55. The fourth-order valence-corrected chi connectivity index (χ4v) is 4.80. The Bertz CT molecular complexity index is 1230. The van der Waals surface area contributed by atoms with E-state index in [1.54, 1.807) is 18.3 Å². The highest BCUT2D eigenvalue weighted by molar-refractivity contribution is 7.89. The summed E-state index contributed by atoms with van der Waals surface area (Å²) in [6, 6.07) is 9.02. The van der Waals surface area contributed by atoms with Gasteiger partial charge >= 0.3 is 0 Å². The number of nitrogens with one attached hydrogen (secondary N) is 1. The molecule has 3 heterocycles. The molecule has 0 radical (unpaired) electrons. The lowest BCUT2D eigenvalue weighted by atomic mass is 10.3. The minimum atomic E-state index is -3.73. The molecule has 8 nitrogen and oxygen atoms in total. The zero-order valence-corrected chi connectivity index (χ0v) is 15.2. The number of fused-ring (bicyclic) bond motifs is 2. The molecule has 1 aliphatic rings. The summed E-state index contributed by atoms with van der Waals surface area (Å²) in [5.74, 6) is 0.674. The van der Waals surface area contributed by atoms with Gasteiger partial charge in [-0.2, -0.15) is 8.75 Å². The van der Waals surface area contributed by atoms with Crippen LogP contribution >= 0.6 is 11.7 Å². The molecule has 26 heavy (non-hydrogen) atoms. The van der Waals surface area contributed by atoms with Crippen molar-refractivity contribution in [1.29, 1.82) is 0 Å². The van der Waals surface area contributed by atoms with Crippen LogP contribution in [-0.4, -0.2) is 31.7 Å². The molecule has 132 valence electrons. The molecular weight excluding hydrogens is 372 g/mol. The number of rotatable bonds is 5. The maximum atomic E-state index is 12.8. The van der Waals surface area contributed by atoms with E-state index in [1.807, 2.05) is 16.7 Å².